The maximum absolute atomic E-state index is 6.28. The Morgan fingerprint density at radius 2 is 1.26 bits per heavy atom. The van der Waals surface area contributed by atoms with E-state index in [1.807, 2.05) is 18.2 Å². The number of para-hydroxylation sites is 2. The first-order chi connectivity index (χ1) is 17.3. The first-order valence-electron chi connectivity index (χ1n) is 11.9. The first kappa shape index (κ1) is 19.8. The standard InChI is InChI=1S/C32H23N3/c33-32(34-20-21-7-2-1-3-8-21)23-15-13-22(14-16-23)24-17-18-26-28-11-6-10-27-25-9-4-5-12-29(25)35(31(27)28)30(26)19-24/h1-19H,20H2,(H2,33,34). The van der Waals surface area contributed by atoms with E-state index in [2.05, 4.69) is 106 Å². The molecule has 0 amide bonds. The lowest BCUT2D eigenvalue weighted by atomic mass is 10.0. The lowest BCUT2D eigenvalue weighted by molar-refractivity contribution is 1.06. The van der Waals surface area contributed by atoms with Gasteiger partial charge in [-0.3, -0.25) is 4.99 Å². The molecule has 0 atom stereocenters. The van der Waals surface area contributed by atoms with E-state index in [1.54, 1.807) is 0 Å². The molecule has 0 unspecified atom stereocenters. The van der Waals surface area contributed by atoms with Gasteiger partial charge in [0.25, 0.3) is 0 Å². The minimum Gasteiger partial charge on any atom is -0.383 e. The molecule has 3 nitrogen and oxygen atoms in total. The summed E-state index contributed by atoms with van der Waals surface area (Å²) in [4.78, 5) is 4.57. The summed E-state index contributed by atoms with van der Waals surface area (Å²) in [6.45, 7) is 0.582. The zero-order valence-corrected chi connectivity index (χ0v) is 19.1. The molecule has 2 N–H and O–H groups in total. The molecule has 7 rings (SSSR count). The third kappa shape index (κ3) is 3.09. The second kappa shape index (κ2) is 7.71. The van der Waals surface area contributed by atoms with Crippen LogP contribution >= 0.6 is 0 Å². The van der Waals surface area contributed by atoms with Gasteiger partial charge < -0.3 is 10.1 Å². The van der Waals surface area contributed by atoms with Crippen molar-refractivity contribution in [1.29, 1.82) is 0 Å². The van der Waals surface area contributed by atoms with Crippen LogP contribution in [0.5, 0.6) is 0 Å². The normalized spacial score (nSPS) is 12.4. The monoisotopic (exact) mass is 449 g/mol. The minimum atomic E-state index is 0.561. The molecule has 0 fully saturated rings. The van der Waals surface area contributed by atoms with Crippen LogP contribution in [0.4, 0.5) is 0 Å². The molecule has 0 bridgehead atoms. The van der Waals surface area contributed by atoms with Crippen molar-refractivity contribution >= 4 is 43.9 Å². The van der Waals surface area contributed by atoms with Crippen molar-refractivity contribution in [2.75, 3.05) is 0 Å². The Kier molecular flexibility index (Phi) is 4.36. The highest BCUT2D eigenvalue weighted by Crippen LogP contribution is 2.39. The van der Waals surface area contributed by atoms with Gasteiger partial charge >= 0.3 is 0 Å². The van der Waals surface area contributed by atoms with Gasteiger partial charge in [0.2, 0.25) is 0 Å². The molecule has 0 aliphatic heterocycles. The fourth-order valence-electron chi connectivity index (χ4n) is 5.29. The number of hydrogen-bond acceptors (Lipinski definition) is 1. The summed E-state index contributed by atoms with van der Waals surface area (Å²) < 4.78 is 2.42. The molecule has 3 heteroatoms. The van der Waals surface area contributed by atoms with E-state index in [0.29, 0.717) is 12.4 Å². The molecule has 2 heterocycles. The van der Waals surface area contributed by atoms with E-state index < -0.39 is 0 Å². The zero-order valence-electron chi connectivity index (χ0n) is 19.1. The third-order valence-electron chi connectivity index (χ3n) is 7.01. The largest absolute Gasteiger partial charge is 0.383 e. The topological polar surface area (TPSA) is 42.8 Å². The predicted molar refractivity (Wildman–Crippen MR) is 147 cm³/mol. The van der Waals surface area contributed by atoms with Crippen molar-refractivity contribution < 1.29 is 0 Å². The molecule has 0 spiro atoms. The van der Waals surface area contributed by atoms with Gasteiger partial charge in [-0.1, -0.05) is 103 Å². The summed E-state index contributed by atoms with van der Waals surface area (Å²) in [5.41, 5.74) is 14.5. The number of hydrogen-bond donors (Lipinski definition) is 1. The quantitative estimate of drug-likeness (QED) is 0.221. The van der Waals surface area contributed by atoms with Gasteiger partial charge in [0, 0.05) is 27.1 Å². The maximum Gasteiger partial charge on any atom is 0.125 e. The van der Waals surface area contributed by atoms with Gasteiger partial charge in [-0.2, -0.15) is 0 Å². The van der Waals surface area contributed by atoms with Gasteiger partial charge in [-0.15, -0.1) is 0 Å². The van der Waals surface area contributed by atoms with Crippen LogP contribution in [-0.2, 0) is 6.54 Å². The maximum atomic E-state index is 6.28. The lowest BCUT2D eigenvalue weighted by Gasteiger charge is -2.06. The number of rotatable bonds is 4. The van der Waals surface area contributed by atoms with Gasteiger partial charge in [0.1, 0.15) is 5.84 Å². The second-order valence-electron chi connectivity index (χ2n) is 9.05. The van der Waals surface area contributed by atoms with Crippen molar-refractivity contribution in [3.63, 3.8) is 0 Å². The molecule has 0 saturated carbocycles. The summed E-state index contributed by atoms with van der Waals surface area (Å²) in [5, 5.41) is 5.20. The lowest BCUT2D eigenvalue weighted by Crippen LogP contribution is -2.13. The molecule has 0 saturated heterocycles. The van der Waals surface area contributed by atoms with Crippen LogP contribution in [-0.4, -0.2) is 10.2 Å². The Labute approximate surface area is 203 Å². The number of benzene rings is 5. The molecule has 7 aromatic rings. The molecular weight excluding hydrogens is 426 g/mol. The molecule has 0 radical (unpaired) electrons. The predicted octanol–water partition coefficient (Wildman–Crippen LogP) is 7.41. The summed E-state index contributed by atoms with van der Waals surface area (Å²) in [5.74, 6) is 0.561. The van der Waals surface area contributed by atoms with Gasteiger partial charge in [0.05, 0.1) is 23.1 Å². The van der Waals surface area contributed by atoms with Crippen LogP contribution in [0.15, 0.2) is 120 Å². The molecule has 0 aliphatic rings. The van der Waals surface area contributed by atoms with Crippen LogP contribution in [0.3, 0.4) is 0 Å². The van der Waals surface area contributed by atoms with Crippen molar-refractivity contribution in [2.24, 2.45) is 10.7 Å². The number of nitrogens with zero attached hydrogens (tertiary/aromatic N) is 2. The fourth-order valence-corrected chi connectivity index (χ4v) is 5.29. The Morgan fingerprint density at radius 1 is 0.600 bits per heavy atom. The van der Waals surface area contributed by atoms with Crippen LogP contribution in [0.25, 0.3) is 49.2 Å². The zero-order chi connectivity index (χ0) is 23.4. The number of nitrogens with two attached hydrogens (primary N) is 1. The molecule has 35 heavy (non-hydrogen) atoms. The van der Waals surface area contributed by atoms with Crippen molar-refractivity contribution in [3.8, 4) is 11.1 Å². The second-order valence-corrected chi connectivity index (χ2v) is 9.05. The number of fused-ring (bicyclic) bond motifs is 6. The molecule has 166 valence electrons. The molecular formula is C32H23N3. The summed E-state index contributed by atoms with van der Waals surface area (Å²) in [6.07, 6.45) is 0. The van der Waals surface area contributed by atoms with Crippen molar-refractivity contribution in [3.05, 3.63) is 126 Å². The van der Waals surface area contributed by atoms with E-state index in [9.17, 15) is 0 Å². The number of aromatic nitrogens is 1. The number of aliphatic imine (C=N–C) groups is 1. The number of amidine groups is 1. The van der Waals surface area contributed by atoms with E-state index in [4.69, 9.17) is 5.73 Å². The van der Waals surface area contributed by atoms with Gasteiger partial charge in [0.15, 0.2) is 0 Å². The first-order valence-corrected chi connectivity index (χ1v) is 11.9. The van der Waals surface area contributed by atoms with E-state index in [1.165, 1.54) is 43.7 Å². The van der Waals surface area contributed by atoms with E-state index in [0.717, 1.165) is 16.7 Å². The Balaban J connectivity index is 1.30. The van der Waals surface area contributed by atoms with E-state index in [-0.39, 0.29) is 0 Å². The van der Waals surface area contributed by atoms with Crippen molar-refractivity contribution in [1.82, 2.24) is 4.40 Å². The van der Waals surface area contributed by atoms with E-state index >= 15 is 0 Å². The van der Waals surface area contributed by atoms with Crippen LogP contribution in [0.2, 0.25) is 0 Å². The molecule has 2 aromatic heterocycles. The van der Waals surface area contributed by atoms with Crippen LogP contribution in [0, 0.1) is 0 Å². The minimum absolute atomic E-state index is 0.561. The Hall–Kier alpha value is -4.63. The highest BCUT2D eigenvalue weighted by atomic mass is 14.9. The third-order valence-corrected chi connectivity index (χ3v) is 7.01. The fraction of sp³-hybridized carbons (Fsp3) is 0.0312. The average Bonchev–Trinajstić information content (AvgIpc) is 3.44. The highest BCUT2D eigenvalue weighted by Gasteiger charge is 2.17. The van der Waals surface area contributed by atoms with Crippen LogP contribution in [0.1, 0.15) is 11.1 Å². The smallest absolute Gasteiger partial charge is 0.125 e. The summed E-state index contributed by atoms with van der Waals surface area (Å²) >= 11 is 0. The van der Waals surface area contributed by atoms with Crippen LogP contribution < -0.4 is 5.73 Å². The molecule has 0 aliphatic carbocycles. The van der Waals surface area contributed by atoms with Crippen molar-refractivity contribution in [2.45, 2.75) is 6.54 Å². The van der Waals surface area contributed by atoms with Gasteiger partial charge in [-0.25, -0.2) is 0 Å². The Morgan fingerprint density at radius 3 is 2.06 bits per heavy atom. The summed E-state index contributed by atoms with van der Waals surface area (Å²) in [7, 11) is 0. The van der Waals surface area contributed by atoms with Gasteiger partial charge in [-0.05, 0) is 28.8 Å². The highest BCUT2D eigenvalue weighted by molar-refractivity contribution is 6.23. The Bertz CT molecular complexity index is 1860. The average molecular weight is 450 g/mol. The SMILES string of the molecule is N/C(=N\Cc1ccccc1)c1ccc(-c2ccc3c4cccc5c6ccccc6n(c3c2)c54)cc1. The molecule has 5 aromatic carbocycles. The summed E-state index contributed by atoms with van der Waals surface area (Å²) in [6, 6.07) is 40.6.